The molecule has 3 heteroatoms. The molecule has 56 valence electrons. The first-order chi connectivity index (χ1) is 4.86. The lowest BCUT2D eigenvalue weighted by Crippen LogP contribution is -2.25. The van der Waals surface area contributed by atoms with E-state index in [2.05, 4.69) is 5.11 Å². The molecule has 0 saturated heterocycles. The molecule has 2 aliphatic rings. The fourth-order valence-electron chi connectivity index (χ4n) is 1.76. The standard InChI is InChI=1S/C7H13N2O/c1-9-8-6-4-2-3-5-7(6)10-9/h6-7H,2-5H2,1H3/q+1. The van der Waals surface area contributed by atoms with Gasteiger partial charge in [0.15, 0.2) is 6.04 Å². The zero-order valence-electron chi connectivity index (χ0n) is 6.29. The molecule has 3 nitrogen and oxygen atoms in total. The van der Waals surface area contributed by atoms with Gasteiger partial charge in [-0.25, -0.2) is 4.84 Å². The first-order valence-electron chi connectivity index (χ1n) is 3.97. The number of hydroxylamine groups is 1. The molecule has 0 radical (unpaired) electrons. The smallest absolute Gasteiger partial charge is 0.213 e. The molecule has 2 unspecified atom stereocenters. The van der Waals surface area contributed by atoms with E-state index in [4.69, 9.17) is 4.84 Å². The second kappa shape index (κ2) is 2.22. The van der Waals surface area contributed by atoms with E-state index >= 15 is 0 Å². The van der Waals surface area contributed by atoms with E-state index in [9.17, 15) is 0 Å². The first kappa shape index (κ1) is 6.13. The van der Waals surface area contributed by atoms with Gasteiger partial charge >= 0.3 is 0 Å². The van der Waals surface area contributed by atoms with Crippen LogP contribution in [0.3, 0.4) is 0 Å². The van der Waals surface area contributed by atoms with Crippen molar-refractivity contribution < 1.29 is 9.70 Å². The van der Waals surface area contributed by atoms with Crippen LogP contribution in [-0.4, -0.2) is 24.1 Å². The van der Waals surface area contributed by atoms with Crippen LogP contribution < -0.4 is 0 Å². The number of hydrogen-bond donors (Lipinski definition) is 0. The fraction of sp³-hybridized carbons (Fsp3) is 1.00. The lowest BCUT2D eigenvalue weighted by Gasteiger charge is -2.15. The van der Waals surface area contributed by atoms with Gasteiger partial charge in [-0.1, -0.05) is 6.42 Å². The molecule has 1 saturated carbocycles. The van der Waals surface area contributed by atoms with Crippen molar-refractivity contribution in [3.05, 3.63) is 0 Å². The van der Waals surface area contributed by atoms with Gasteiger partial charge in [0.25, 0.3) is 0 Å². The topological polar surface area (TPSA) is 24.6 Å². The van der Waals surface area contributed by atoms with Gasteiger partial charge < -0.3 is 0 Å². The van der Waals surface area contributed by atoms with Crippen LogP contribution in [0.2, 0.25) is 0 Å². The largest absolute Gasteiger partial charge is 0.246 e. The van der Waals surface area contributed by atoms with Crippen LogP contribution in [0.4, 0.5) is 0 Å². The van der Waals surface area contributed by atoms with Crippen molar-refractivity contribution in [2.45, 2.75) is 37.8 Å². The number of azo groups is 1. The van der Waals surface area contributed by atoms with Gasteiger partial charge in [-0.3, -0.25) is 0 Å². The average molecular weight is 141 g/mol. The molecule has 1 heterocycles. The predicted molar refractivity (Wildman–Crippen MR) is 35.7 cm³/mol. The molecular formula is C7H13N2O+. The van der Waals surface area contributed by atoms with Crippen LogP contribution in [0, 0.1) is 0 Å². The van der Waals surface area contributed by atoms with E-state index in [1.807, 2.05) is 7.05 Å². The lowest BCUT2D eigenvalue weighted by molar-refractivity contribution is -0.807. The number of rotatable bonds is 0. The molecule has 1 aliphatic carbocycles. The zero-order chi connectivity index (χ0) is 6.97. The van der Waals surface area contributed by atoms with Crippen LogP contribution in [0.15, 0.2) is 5.11 Å². The third kappa shape index (κ3) is 0.895. The summed E-state index contributed by atoms with van der Waals surface area (Å²) in [5.41, 5.74) is 0. The highest BCUT2D eigenvalue weighted by Gasteiger charge is 2.38. The Morgan fingerprint density at radius 3 is 3.00 bits per heavy atom. The van der Waals surface area contributed by atoms with Gasteiger partial charge in [0.05, 0.1) is 4.86 Å². The van der Waals surface area contributed by atoms with Crippen molar-refractivity contribution in [3.63, 3.8) is 0 Å². The molecule has 1 aliphatic heterocycles. The Labute approximate surface area is 60.6 Å². The minimum absolute atomic E-state index is 0.402. The van der Waals surface area contributed by atoms with Crippen LogP contribution in [0.5, 0.6) is 0 Å². The van der Waals surface area contributed by atoms with Crippen LogP contribution in [-0.2, 0) is 4.84 Å². The summed E-state index contributed by atoms with van der Waals surface area (Å²) in [6.07, 6.45) is 5.44. The maximum absolute atomic E-state index is 5.43. The molecule has 0 aromatic carbocycles. The van der Waals surface area contributed by atoms with Crippen LogP contribution >= 0.6 is 0 Å². The Bertz CT molecular complexity index is 167. The second-order valence-corrected chi connectivity index (χ2v) is 3.08. The van der Waals surface area contributed by atoms with Crippen LogP contribution in [0.1, 0.15) is 25.7 Å². The molecule has 10 heavy (non-hydrogen) atoms. The summed E-state index contributed by atoms with van der Waals surface area (Å²) >= 11 is 0. The second-order valence-electron chi connectivity index (χ2n) is 3.08. The summed E-state index contributed by atoms with van der Waals surface area (Å²) in [7, 11) is 1.87. The SMILES string of the molecule is C[N+]1=NC2CCCCC2O1. The van der Waals surface area contributed by atoms with Gasteiger partial charge in [0.2, 0.25) is 13.2 Å². The van der Waals surface area contributed by atoms with E-state index < -0.39 is 0 Å². The predicted octanol–water partition coefficient (Wildman–Crippen LogP) is 1.34. The van der Waals surface area contributed by atoms with Gasteiger partial charge in [0, 0.05) is 5.11 Å². The highest BCUT2D eigenvalue weighted by Crippen LogP contribution is 2.27. The summed E-state index contributed by atoms with van der Waals surface area (Å²) < 4.78 is 0. The van der Waals surface area contributed by atoms with Crippen molar-refractivity contribution in [1.82, 2.24) is 0 Å². The molecule has 0 amide bonds. The highest BCUT2D eigenvalue weighted by atomic mass is 16.7. The van der Waals surface area contributed by atoms with Crippen molar-refractivity contribution >= 4 is 0 Å². The quantitative estimate of drug-likeness (QED) is 0.467. The summed E-state index contributed by atoms with van der Waals surface area (Å²) in [5, 5.41) is 4.32. The maximum atomic E-state index is 5.43. The Balaban J connectivity index is 2.06. The van der Waals surface area contributed by atoms with Gasteiger partial charge in [-0.2, -0.15) is 0 Å². The number of hydrogen-bond acceptors (Lipinski definition) is 2. The molecule has 0 spiro atoms. The van der Waals surface area contributed by atoms with E-state index in [0.29, 0.717) is 12.1 Å². The van der Waals surface area contributed by atoms with E-state index in [1.165, 1.54) is 25.7 Å². The van der Waals surface area contributed by atoms with Gasteiger partial charge in [-0.15, -0.1) is 0 Å². The van der Waals surface area contributed by atoms with Gasteiger partial charge in [0.1, 0.15) is 0 Å². The third-order valence-electron chi connectivity index (χ3n) is 2.27. The summed E-state index contributed by atoms with van der Waals surface area (Å²) in [5.74, 6) is 0. The monoisotopic (exact) mass is 141 g/mol. The number of nitrogens with zero attached hydrogens (tertiary/aromatic N) is 2. The lowest BCUT2D eigenvalue weighted by atomic mass is 9.94. The molecular weight excluding hydrogens is 128 g/mol. The minimum Gasteiger partial charge on any atom is -0.246 e. The highest BCUT2D eigenvalue weighted by molar-refractivity contribution is 4.79. The average Bonchev–Trinajstić information content (AvgIpc) is 2.27. The molecule has 2 atom stereocenters. The third-order valence-corrected chi connectivity index (χ3v) is 2.27. The Hall–Kier alpha value is -0.600. The number of fused-ring (bicyclic) bond motifs is 1. The van der Waals surface area contributed by atoms with E-state index in [1.54, 1.807) is 4.86 Å². The molecule has 0 bridgehead atoms. The molecule has 1 fully saturated rings. The molecule has 0 aromatic rings. The Morgan fingerprint density at radius 2 is 2.20 bits per heavy atom. The van der Waals surface area contributed by atoms with Crippen molar-refractivity contribution in [1.29, 1.82) is 0 Å². The molecule has 2 rings (SSSR count). The molecule has 0 aromatic heterocycles. The van der Waals surface area contributed by atoms with E-state index in [-0.39, 0.29) is 0 Å². The van der Waals surface area contributed by atoms with Crippen molar-refractivity contribution in [2.24, 2.45) is 5.11 Å². The summed E-state index contributed by atoms with van der Waals surface area (Å²) in [6.45, 7) is 0. The normalized spacial score (nSPS) is 38.3. The fourth-order valence-corrected chi connectivity index (χ4v) is 1.76. The summed E-state index contributed by atoms with van der Waals surface area (Å²) in [6, 6.07) is 0.471. The zero-order valence-corrected chi connectivity index (χ0v) is 6.29. The maximum Gasteiger partial charge on any atom is 0.213 e. The Morgan fingerprint density at radius 1 is 1.40 bits per heavy atom. The summed E-state index contributed by atoms with van der Waals surface area (Å²) in [4.78, 5) is 7.06. The first-order valence-corrected chi connectivity index (χ1v) is 3.97. The van der Waals surface area contributed by atoms with Crippen molar-refractivity contribution in [3.8, 4) is 0 Å². The van der Waals surface area contributed by atoms with Crippen LogP contribution in [0.25, 0.3) is 0 Å². The van der Waals surface area contributed by atoms with Crippen molar-refractivity contribution in [2.75, 3.05) is 7.05 Å². The van der Waals surface area contributed by atoms with Gasteiger partial charge in [-0.05, 0) is 19.3 Å². The Kier molecular flexibility index (Phi) is 1.36. The minimum atomic E-state index is 0.402. The molecule has 0 N–H and O–H groups in total. The van der Waals surface area contributed by atoms with E-state index in [0.717, 1.165) is 0 Å².